The number of hydrogen-bond donors (Lipinski definition) is 1. The molecular weight excluding hydrogens is 324 g/mol. The van der Waals surface area contributed by atoms with Gasteiger partial charge in [-0.3, -0.25) is 9.36 Å². The summed E-state index contributed by atoms with van der Waals surface area (Å²) in [6.45, 7) is 8.13. The Balaban J connectivity index is 2.24. The lowest BCUT2D eigenvalue weighted by Crippen LogP contribution is -2.13. The Morgan fingerprint density at radius 1 is 1.17 bits per heavy atom. The molecule has 0 radical (unpaired) electrons. The quantitative estimate of drug-likeness (QED) is 0.736. The first kappa shape index (κ1) is 16.5. The van der Waals surface area contributed by atoms with E-state index >= 15 is 0 Å². The van der Waals surface area contributed by atoms with E-state index in [1.807, 2.05) is 11.5 Å². The highest BCUT2D eigenvalue weighted by Crippen LogP contribution is 2.28. The van der Waals surface area contributed by atoms with Gasteiger partial charge in [0.25, 0.3) is 0 Å². The SMILES string of the molecule is Cc1cc(C)c(-n2cnc3c(NC(=O)CCl)cc(C)nc32)c(C)c1. The number of fused-ring (bicyclic) bond motifs is 1. The number of alkyl halides is 1. The van der Waals surface area contributed by atoms with Gasteiger partial charge in [0.1, 0.15) is 17.7 Å². The fourth-order valence-corrected chi connectivity index (χ4v) is 3.18. The van der Waals surface area contributed by atoms with E-state index in [-0.39, 0.29) is 11.8 Å². The Bertz CT molecular complexity index is 923. The Hall–Kier alpha value is -2.40. The average Bonchev–Trinajstić information content (AvgIpc) is 2.90. The second kappa shape index (κ2) is 6.24. The Morgan fingerprint density at radius 3 is 2.46 bits per heavy atom. The van der Waals surface area contributed by atoms with Crippen LogP contribution < -0.4 is 5.32 Å². The number of nitrogens with one attached hydrogen (secondary N) is 1. The third-order valence-electron chi connectivity index (χ3n) is 3.90. The van der Waals surface area contributed by atoms with E-state index in [0.29, 0.717) is 11.2 Å². The molecule has 1 amide bonds. The lowest BCUT2D eigenvalue weighted by atomic mass is 10.1. The van der Waals surface area contributed by atoms with Crippen molar-refractivity contribution in [2.24, 2.45) is 0 Å². The fourth-order valence-electron chi connectivity index (χ4n) is 3.11. The van der Waals surface area contributed by atoms with Crippen molar-refractivity contribution in [3.05, 3.63) is 46.9 Å². The molecule has 0 bridgehead atoms. The number of carbonyl (C=O) groups excluding carboxylic acids is 1. The van der Waals surface area contributed by atoms with E-state index in [1.165, 1.54) is 5.56 Å². The number of carbonyl (C=O) groups is 1. The van der Waals surface area contributed by atoms with Crippen LogP contribution in [0.15, 0.2) is 24.5 Å². The topological polar surface area (TPSA) is 59.8 Å². The first-order valence-corrected chi connectivity index (χ1v) is 8.23. The van der Waals surface area contributed by atoms with Crippen molar-refractivity contribution in [2.45, 2.75) is 27.7 Å². The molecule has 0 aliphatic rings. The summed E-state index contributed by atoms with van der Waals surface area (Å²) < 4.78 is 1.97. The van der Waals surface area contributed by atoms with E-state index in [4.69, 9.17) is 11.6 Å². The molecule has 0 unspecified atom stereocenters. The molecule has 0 spiro atoms. The van der Waals surface area contributed by atoms with Gasteiger partial charge in [-0.2, -0.15) is 0 Å². The molecule has 3 aromatic rings. The summed E-state index contributed by atoms with van der Waals surface area (Å²) in [4.78, 5) is 20.8. The van der Waals surface area contributed by atoms with Crippen LogP contribution in [0.25, 0.3) is 16.9 Å². The van der Waals surface area contributed by atoms with Crippen LogP contribution in [0.3, 0.4) is 0 Å². The predicted octanol–water partition coefficient (Wildman–Crippen LogP) is 3.83. The molecule has 2 aromatic heterocycles. The standard InChI is InChI=1S/C18H19ClN4O/c1-10-5-11(2)17(12(3)6-10)23-9-20-16-14(22-15(24)8-19)7-13(4)21-18(16)23/h5-7,9H,8H2,1-4H3,(H,21,22,24). The number of hydrogen-bond acceptors (Lipinski definition) is 3. The van der Waals surface area contributed by atoms with E-state index < -0.39 is 0 Å². The summed E-state index contributed by atoms with van der Waals surface area (Å²) in [7, 11) is 0. The number of aromatic nitrogens is 3. The summed E-state index contributed by atoms with van der Waals surface area (Å²) in [6.07, 6.45) is 1.75. The second-order valence-corrected chi connectivity index (χ2v) is 6.29. The summed E-state index contributed by atoms with van der Waals surface area (Å²) in [6, 6.07) is 6.08. The molecule has 2 heterocycles. The summed E-state index contributed by atoms with van der Waals surface area (Å²) in [5, 5.41) is 2.79. The van der Waals surface area contributed by atoms with Gasteiger partial charge in [0, 0.05) is 5.69 Å². The zero-order valence-corrected chi connectivity index (χ0v) is 14.9. The van der Waals surface area contributed by atoms with Crippen molar-refractivity contribution in [1.82, 2.24) is 14.5 Å². The van der Waals surface area contributed by atoms with E-state index in [2.05, 4.69) is 48.2 Å². The van der Waals surface area contributed by atoms with E-state index in [1.54, 1.807) is 12.4 Å². The summed E-state index contributed by atoms with van der Waals surface area (Å²) in [5.74, 6) is -0.361. The zero-order chi connectivity index (χ0) is 17.4. The maximum Gasteiger partial charge on any atom is 0.239 e. The monoisotopic (exact) mass is 342 g/mol. The maximum absolute atomic E-state index is 11.7. The average molecular weight is 343 g/mol. The third-order valence-corrected chi connectivity index (χ3v) is 4.15. The summed E-state index contributed by atoms with van der Waals surface area (Å²) >= 11 is 5.60. The second-order valence-electron chi connectivity index (χ2n) is 6.03. The number of halogens is 1. The molecule has 6 heteroatoms. The van der Waals surface area contributed by atoms with Crippen molar-refractivity contribution in [1.29, 1.82) is 0 Å². The number of pyridine rings is 1. The number of rotatable bonds is 3. The predicted molar refractivity (Wildman–Crippen MR) is 97.2 cm³/mol. The maximum atomic E-state index is 11.7. The number of imidazole rings is 1. The first-order chi connectivity index (χ1) is 11.4. The molecule has 0 fully saturated rings. The Morgan fingerprint density at radius 2 is 1.83 bits per heavy atom. The van der Waals surface area contributed by atoms with Crippen LogP contribution >= 0.6 is 11.6 Å². The van der Waals surface area contributed by atoms with Gasteiger partial charge in [0.15, 0.2) is 5.65 Å². The van der Waals surface area contributed by atoms with Crippen LogP contribution in [0, 0.1) is 27.7 Å². The molecule has 1 N–H and O–H groups in total. The molecule has 24 heavy (non-hydrogen) atoms. The number of nitrogens with zero attached hydrogens (tertiary/aromatic N) is 3. The van der Waals surface area contributed by atoms with Gasteiger partial charge in [0.05, 0.1) is 11.4 Å². The van der Waals surface area contributed by atoms with Crippen LogP contribution in [-0.4, -0.2) is 26.3 Å². The van der Waals surface area contributed by atoms with Crippen molar-refractivity contribution in [3.63, 3.8) is 0 Å². The fraction of sp³-hybridized carbons (Fsp3) is 0.278. The number of aryl methyl sites for hydroxylation is 4. The molecule has 124 valence electrons. The van der Waals surface area contributed by atoms with Gasteiger partial charge >= 0.3 is 0 Å². The minimum absolute atomic E-state index is 0.0975. The molecule has 1 aromatic carbocycles. The lowest BCUT2D eigenvalue weighted by molar-refractivity contribution is -0.113. The Labute approximate surface area is 145 Å². The van der Waals surface area contributed by atoms with Gasteiger partial charge in [-0.1, -0.05) is 17.7 Å². The van der Waals surface area contributed by atoms with Crippen LogP contribution in [-0.2, 0) is 4.79 Å². The molecule has 0 atom stereocenters. The van der Waals surface area contributed by atoms with Crippen molar-refractivity contribution < 1.29 is 4.79 Å². The van der Waals surface area contributed by atoms with Crippen molar-refractivity contribution >= 4 is 34.4 Å². The largest absolute Gasteiger partial charge is 0.323 e. The molecule has 0 aliphatic carbocycles. The molecule has 0 aliphatic heterocycles. The van der Waals surface area contributed by atoms with E-state index in [9.17, 15) is 4.79 Å². The summed E-state index contributed by atoms with van der Waals surface area (Å²) in [5.41, 5.74) is 7.39. The zero-order valence-electron chi connectivity index (χ0n) is 14.1. The molecule has 5 nitrogen and oxygen atoms in total. The first-order valence-electron chi connectivity index (χ1n) is 7.69. The lowest BCUT2D eigenvalue weighted by Gasteiger charge is -2.13. The van der Waals surface area contributed by atoms with E-state index in [0.717, 1.165) is 28.2 Å². The normalized spacial score (nSPS) is 11.0. The highest BCUT2D eigenvalue weighted by atomic mass is 35.5. The molecule has 0 saturated carbocycles. The van der Waals surface area contributed by atoms with Gasteiger partial charge in [-0.25, -0.2) is 9.97 Å². The number of anilines is 1. The van der Waals surface area contributed by atoms with Crippen LogP contribution in [0.1, 0.15) is 22.4 Å². The van der Waals surface area contributed by atoms with Crippen LogP contribution in [0.4, 0.5) is 5.69 Å². The van der Waals surface area contributed by atoms with Gasteiger partial charge < -0.3 is 5.32 Å². The minimum atomic E-state index is -0.263. The smallest absolute Gasteiger partial charge is 0.239 e. The minimum Gasteiger partial charge on any atom is -0.323 e. The van der Waals surface area contributed by atoms with Crippen molar-refractivity contribution in [2.75, 3.05) is 11.2 Å². The number of amides is 1. The van der Waals surface area contributed by atoms with Crippen LogP contribution in [0.2, 0.25) is 0 Å². The highest BCUT2D eigenvalue weighted by molar-refractivity contribution is 6.29. The molecule has 0 saturated heterocycles. The molecule has 3 rings (SSSR count). The van der Waals surface area contributed by atoms with Crippen molar-refractivity contribution in [3.8, 4) is 5.69 Å². The number of benzene rings is 1. The van der Waals surface area contributed by atoms with Gasteiger partial charge in [0.2, 0.25) is 5.91 Å². The Kier molecular flexibility index (Phi) is 4.28. The van der Waals surface area contributed by atoms with Crippen LogP contribution in [0.5, 0.6) is 0 Å². The van der Waals surface area contributed by atoms with Gasteiger partial charge in [-0.15, -0.1) is 11.6 Å². The molecular formula is C18H19ClN4O. The third kappa shape index (κ3) is 2.87. The highest BCUT2D eigenvalue weighted by Gasteiger charge is 2.15. The van der Waals surface area contributed by atoms with Gasteiger partial charge in [-0.05, 0) is 44.9 Å².